The molecule has 9 heteroatoms. The number of carbonyl (C=O) groups is 1. The van der Waals surface area contributed by atoms with Gasteiger partial charge in [0.2, 0.25) is 5.91 Å². The van der Waals surface area contributed by atoms with Gasteiger partial charge in [0.25, 0.3) is 10.0 Å². The molecule has 1 saturated heterocycles. The summed E-state index contributed by atoms with van der Waals surface area (Å²) in [6, 6.07) is 9.61. The van der Waals surface area contributed by atoms with Gasteiger partial charge < -0.3 is 4.90 Å². The summed E-state index contributed by atoms with van der Waals surface area (Å²) in [5, 5.41) is 0. The van der Waals surface area contributed by atoms with Crippen LogP contribution in [0.15, 0.2) is 44.4 Å². The van der Waals surface area contributed by atoms with E-state index in [1.54, 1.807) is 37.4 Å². The van der Waals surface area contributed by atoms with Crippen molar-refractivity contribution in [2.75, 3.05) is 20.1 Å². The molecule has 0 aliphatic carbocycles. The van der Waals surface area contributed by atoms with Gasteiger partial charge >= 0.3 is 0 Å². The van der Waals surface area contributed by atoms with Crippen molar-refractivity contribution in [1.82, 2.24) is 9.21 Å². The number of piperidine rings is 1. The van der Waals surface area contributed by atoms with Gasteiger partial charge in [-0.05, 0) is 47.0 Å². The van der Waals surface area contributed by atoms with E-state index in [1.807, 2.05) is 0 Å². The van der Waals surface area contributed by atoms with Gasteiger partial charge in [0.05, 0.1) is 9.70 Å². The number of amides is 1. The number of carbonyl (C=O) groups excluding carboxylic acids is 1. The van der Waals surface area contributed by atoms with Crippen molar-refractivity contribution in [2.24, 2.45) is 5.92 Å². The molecule has 0 spiro atoms. The Morgan fingerprint density at radius 2 is 2.07 bits per heavy atom. The van der Waals surface area contributed by atoms with Crippen LogP contribution in [-0.4, -0.2) is 43.7 Å². The second-order valence-electron chi connectivity index (χ2n) is 6.55. The highest BCUT2D eigenvalue weighted by Crippen LogP contribution is 2.31. The maximum Gasteiger partial charge on any atom is 0.252 e. The zero-order valence-electron chi connectivity index (χ0n) is 14.8. The Kier molecular flexibility index (Phi) is 6.35. The first kappa shape index (κ1) is 20.4. The minimum atomic E-state index is -3.61. The monoisotopic (exact) mass is 474 g/mol. The lowest BCUT2D eigenvalue weighted by Gasteiger charge is -2.33. The quantitative estimate of drug-likeness (QED) is 0.663. The van der Waals surface area contributed by atoms with Crippen LogP contribution in [-0.2, 0) is 21.4 Å². The SMILES string of the molecule is CN(Cc1ccccc1F)C(=O)C1CCCN(S(=O)(=O)c2ccc(Br)s2)C1. The molecule has 1 atom stereocenters. The van der Waals surface area contributed by atoms with Crippen LogP contribution < -0.4 is 0 Å². The molecule has 1 aromatic carbocycles. The highest BCUT2D eigenvalue weighted by molar-refractivity contribution is 9.11. The Morgan fingerprint density at radius 3 is 2.74 bits per heavy atom. The molecule has 0 saturated carbocycles. The Labute approximate surface area is 171 Å². The molecule has 1 aliphatic rings. The summed E-state index contributed by atoms with van der Waals surface area (Å²) in [5.41, 5.74) is 0.442. The third-order valence-corrected chi connectivity index (χ3v) is 8.57. The fourth-order valence-electron chi connectivity index (χ4n) is 3.20. The second kappa shape index (κ2) is 8.38. The standard InChI is InChI=1S/C18H20BrFN2O3S2/c1-21(11-13-5-2-3-7-15(13)20)18(23)14-6-4-10-22(12-14)27(24,25)17-9-8-16(19)26-17/h2-3,5,7-9,14H,4,6,10-12H2,1H3. The molecule has 1 amide bonds. The first-order valence-corrected chi connectivity index (χ1v) is 11.6. The maximum absolute atomic E-state index is 13.8. The highest BCUT2D eigenvalue weighted by Gasteiger charge is 2.35. The molecule has 3 rings (SSSR count). The summed E-state index contributed by atoms with van der Waals surface area (Å²) in [7, 11) is -1.98. The van der Waals surface area contributed by atoms with Gasteiger partial charge in [-0.25, -0.2) is 12.8 Å². The molecule has 0 radical (unpaired) electrons. The average molecular weight is 475 g/mol. The largest absolute Gasteiger partial charge is 0.341 e. The zero-order valence-corrected chi connectivity index (χ0v) is 18.0. The average Bonchev–Trinajstić information content (AvgIpc) is 3.10. The van der Waals surface area contributed by atoms with Crippen LogP contribution >= 0.6 is 27.3 Å². The van der Waals surface area contributed by atoms with E-state index in [1.165, 1.54) is 15.3 Å². The second-order valence-corrected chi connectivity index (χ2v) is 11.2. The molecule has 0 bridgehead atoms. The predicted octanol–water partition coefficient (Wildman–Crippen LogP) is 3.71. The Balaban J connectivity index is 1.70. The first-order valence-electron chi connectivity index (χ1n) is 8.53. The third kappa shape index (κ3) is 4.59. The predicted molar refractivity (Wildman–Crippen MR) is 106 cm³/mol. The van der Waals surface area contributed by atoms with Crippen molar-refractivity contribution < 1.29 is 17.6 Å². The molecule has 27 heavy (non-hydrogen) atoms. The first-order chi connectivity index (χ1) is 12.8. The lowest BCUT2D eigenvalue weighted by Crippen LogP contribution is -2.45. The van der Waals surface area contributed by atoms with E-state index in [9.17, 15) is 17.6 Å². The number of hydrogen-bond acceptors (Lipinski definition) is 4. The fraction of sp³-hybridized carbons (Fsp3) is 0.389. The van der Waals surface area contributed by atoms with Crippen molar-refractivity contribution in [3.05, 3.63) is 51.6 Å². The van der Waals surface area contributed by atoms with E-state index in [0.29, 0.717) is 24.9 Å². The normalized spacial score (nSPS) is 18.4. The van der Waals surface area contributed by atoms with Crippen LogP contribution in [0.25, 0.3) is 0 Å². The molecular weight excluding hydrogens is 455 g/mol. The Hall–Kier alpha value is -1.29. The van der Waals surface area contributed by atoms with E-state index >= 15 is 0 Å². The van der Waals surface area contributed by atoms with Crippen LogP contribution in [0.3, 0.4) is 0 Å². The van der Waals surface area contributed by atoms with Crippen molar-refractivity contribution >= 4 is 43.2 Å². The molecule has 1 aromatic heterocycles. The number of rotatable bonds is 5. The molecule has 2 heterocycles. The summed E-state index contributed by atoms with van der Waals surface area (Å²) in [6.07, 6.45) is 1.25. The van der Waals surface area contributed by atoms with Crippen LogP contribution in [0.5, 0.6) is 0 Å². The summed E-state index contributed by atoms with van der Waals surface area (Å²) in [6.45, 7) is 0.712. The Bertz CT molecular complexity index is 932. The van der Waals surface area contributed by atoms with Crippen LogP contribution in [0.2, 0.25) is 0 Å². The molecule has 2 aromatic rings. The van der Waals surface area contributed by atoms with Gasteiger partial charge in [-0.15, -0.1) is 11.3 Å². The van der Waals surface area contributed by atoms with Crippen LogP contribution in [0.1, 0.15) is 18.4 Å². The van der Waals surface area contributed by atoms with E-state index in [4.69, 9.17) is 0 Å². The number of nitrogens with zero attached hydrogens (tertiary/aromatic N) is 2. The summed E-state index contributed by atoms with van der Waals surface area (Å²) in [4.78, 5) is 14.3. The fourth-order valence-corrected chi connectivity index (χ4v) is 6.89. The number of thiophene rings is 1. The molecule has 1 fully saturated rings. The number of benzene rings is 1. The lowest BCUT2D eigenvalue weighted by atomic mass is 9.98. The highest BCUT2D eigenvalue weighted by atomic mass is 79.9. The van der Waals surface area contributed by atoms with Crippen LogP contribution in [0.4, 0.5) is 4.39 Å². The number of halogens is 2. The molecule has 146 valence electrons. The third-order valence-electron chi connectivity index (χ3n) is 4.62. The number of sulfonamides is 1. The van der Waals surface area contributed by atoms with Gasteiger partial charge in [-0.1, -0.05) is 18.2 Å². The van der Waals surface area contributed by atoms with Gasteiger partial charge in [-0.2, -0.15) is 4.31 Å². The maximum atomic E-state index is 13.8. The summed E-state index contributed by atoms with van der Waals surface area (Å²) < 4.78 is 41.9. The van der Waals surface area contributed by atoms with E-state index in [-0.39, 0.29) is 29.0 Å². The van der Waals surface area contributed by atoms with Crippen molar-refractivity contribution in [3.63, 3.8) is 0 Å². The minimum absolute atomic E-state index is 0.151. The zero-order chi connectivity index (χ0) is 19.6. The molecule has 5 nitrogen and oxygen atoms in total. The lowest BCUT2D eigenvalue weighted by molar-refractivity contribution is -0.135. The van der Waals surface area contributed by atoms with Crippen LogP contribution in [0, 0.1) is 11.7 Å². The van der Waals surface area contributed by atoms with E-state index in [2.05, 4.69) is 15.9 Å². The van der Waals surface area contributed by atoms with Gasteiger partial charge in [0.15, 0.2) is 0 Å². The molecular formula is C18H20BrFN2O3S2. The topological polar surface area (TPSA) is 57.7 Å². The van der Waals surface area contributed by atoms with Gasteiger partial charge in [-0.3, -0.25) is 4.79 Å². The van der Waals surface area contributed by atoms with Gasteiger partial charge in [0, 0.05) is 32.2 Å². The van der Waals surface area contributed by atoms with Crippen molar-refractivity contribution in [3.8, 4) is 0 Å². The van der Waals surface area contributed by atoms with E-state index in [0.717, 1.165) is 15.1 Å². The smallest absolute Gasteiger partial charge is 0.252 e. The Morgan fingerprint density at radius 1 is 1.33 bits per heavy atom. The molecule has 1 unspecified atom stereocenters. The summed E-state index contributed by atoms with van der Waals surface area (Å²) in [5.74, 6) is -0.938. The van der Waals surface area contributed by atoms with Gasteiger partial charge in [0.1, 0.15) is 10.0 Å². The van der Waals surface area contributed by atoms with Crippen molar-refractivity contribution in [2.45, 2.75) is 23.6 Å². The van der Waals surface area contributed by atoms with Crippen molar-refractivity contribution in [1.29, 1.82) is 0 Å². The van der Waals surface area contributed by atoms with E-state index < -0.39 is 15.9 Å². The summed E-state index contributed by atoms with van der Waals surface area (Å²) >= 11 is 4.44. The molecule has 1 aliphatic heterocycles. The number of hydrogen-bond donors (Lipinski definition) is 0. The molecule has 0 N–H and O–H groups in total. The minimum Gasteiger partial charge on any atom is -0.341 e.